The summed E-state index contributed by atoms with van der Waals surface area (Å²) in [6.45, 7) is 7.63. The minimum absolute atomic E-state index is 0.0234. The second kappa shape index (κ2) is 8.04. The molecule has 1 N–H and O–H groups in total. The molecule has 5 heteroatoms. The van der Waals surface area contributed by atoms with Crippen LogP contribution in [0.1, 0.15) is 30.3 Å². The van der Waals surface area contributed by atoms with Crippen molar-refractivity contribution in [1.29, 1.82) is 0 Å². The molecule has 3 rings (SSSR count). The van der Waals surface area contributed by atoms with Crippen LogP contribution in [0, 0.1) is 13.8 Å². The number of hydrogen-bond acceptors (Lipinski definition) is 3. The minimum Gasteiger partial charge on any atom is -0.491 e. The number of rotatable bonds is 7. The van der Waals surface area contributed by atoms with Crippen LogP contribution in [0.2, 0.25) is 0 Å². The highest BCUT2D eigenvalue weighted by atomic mass is 16.5. The maximum Gasteiger partial charge on any atom is 0.220 e. The summed E-state index contributed by atoms with van der Waals surface area (Å²) in [4.78, 5) is 16.3. The normalized spacial score (nSPS) is 10.9. The summed E-state index contributed by atoms with van der Waals surface area (Å²) in [5, 5.41) is 2.91. The van der Waals surface area contributed by atoms with E-state index in [9.17, 15) is 4.79 Å². The molecule has 136 valence electrons. The van der Waals surface area contributed by atoms with Crippen molar-refractivity contribution in [1.82, 2.24) is 14.9 Å². The van der Waals surface area contributed by atoms with Crippen molar-refractivity contribution in [2.75, 3.05) is 6.61 Å². The molecular weight excluding hydrogens is 326 g/mol. The number of aryl methyl sites for hydroxylation is 1. The number of hydrogen-bond donors (Lipinski definition) is 1. The molecule has 1 aromatic heterocycles. The van der Waals surface area contributed by atoms with Crippen LogP contribution in [0.3, 0.4) is 0 Å². The predicted octanol–water partition coefficient (Wildman–Crippen LogP) is 3.76. The Morgan fingerprint density at radius 2 is 1.96 bits per heavy atom. The van der Waals surface area contributed by atoms with Crippen molar-refractivity contribution in [3.8, 4) is 5.75 Å². The van der Waals surface area contributed by atoms with Crippen molar-refractivity contribution in [3.05, 3.63) is 59.4 Å². The standard InChI is InChI=1S/C21H25N3O2/c1-4-21(25)22-14-20-23-17-9-5-6-10-18(17)24(20)12-13-26-19-11-7-8-15(2)16(19)3/h5-11H,4,12-14H2,1-3H3,(H,22,25). The molecule has 0 saturated carbocycles. The number of ether oxygens (including phenoxy) is 1. The van der Waals surface area contributed by atoms with Crippen LogP contribution < -0.4 is 10.1 Å². The van der Waals surface area contributed by atoms with E-state index >= 15 is 0 Å². The number of nitrogens with zero attached hydrogens (tertiary/aromatic N) is 2. The fourth-order valence-corrected chi connectivity index (χ4v) is 2.94. The summed E-state index contributed by atoms with van der Waals surface area (Å²) in [7, 11) is 0. The monoisotopic (exact) mass is 351 g/mol. The Morgan fingerprint density at radius 3 is 2.77 bits per heavy atom. The quantitative estimate of drug-likeness (QED) is 0.705. The zero-order valence-electron chi connectivity index (χ0n) is 15.6. The van der Waals surface area contributed by atoms with E-state index in [0.717, 1.165) is 22.6 Å². The van der Waals surface area contributed by atoms with Crippen molar-refractivity contribution < 1.29 is 9.53 Å². The highest BCUT2D eigenvalue weighted by molar-refractivity contribution is 5.77. The van der Waals surface area contributed by atoms with Gasteiger partial charge in [-0.15, -0.1) is 0 Å². The Bertz CT molecular complexity index is 915. The molecule has 0 bridgehead atoms. The van der Waals surface area contributed by atoms with Gasteiger partial charge in [0.25, 0.3) is 0 Å². The maximum absolute atomic E-state index is 11.6. The molecule has 2 aromatic carbocycles. The second-order valence-electron chi connectivity index (χ2n) is 6.35. The molecule has 1 heterocycles. The zero-order chi connectivity index (χ0) is 18.5. The number of carbonyl (C=O) groups is 1. The Labute approximate surface area is 154 Å². The van der Waals surface area contributed by atoms with Gasteiger partial charge >= 0.3 is 0 Å². The zero-order valence-corrected chi connectivity index (χ0v) is 15.6. The molecule has 0 fully saturated rings. The van der Waals surface area contributed by atoms with Crippen LogP contribution in [0.4, 0.5) is 0 Å². The lowest BCUT2D eigenvalue weighted by atomic mass is 10.1. The molecule has 0 atom stereocenters. The minimum atomic E-state index is 0.0234. The lowest BCUT2D eigenvalue weighted by Gasteiger charge is -2.13. The summed E-state index contributed by atoms with van der Waals surface area (Å²) in [6, 6.07) is 14.1. The first-order valence-electron chi connectivity index (χ1n) is 9.00. The average Bonchev–Trinajstić information content (AvgIpc) is 3.01. The van der Waals surface area contributed by atoms with E-state index in [1.54, 1.807) is 0 Å². The fraction of sp³-hybridized carbons (Fsp3) is 0.333. The number of aromatic nitrogens is 2. The first-order valence-corrected chi connectivity index (χ1v) is 9.00. The lowest BCUT2D eigenvalue weighted by molar-refractivity contribution is -0.120. The Morgan fingerprint density at radius 1 is 1.15 bits per heavy atom. The van der Waals surface area contributed by atoms with E-state index in [4.69, 9.17) is 4.74 Å². The topological polar surface area (TPSA) is 56.2 Å². The van der Waals surface area contributed by atoms with E-state index < -0.39 is 0 Å². The van der Waals surface area contributed by atoms with Gasteiger partial charge in [-0.3, -0.25) is 4.79 Å². The summed E-state index contributed by atoms with van der Waals surface area (Å²) in [5.74, 6) is 1.78. The van der Waals surface area contributed by atoms with Gasteiger partial charge in [0.1, 0.15) is 18.2 Å². The highest BCUT2D eigenvalue weighted by Gasteiger charge is 2.11. The van der Waals surface area contributed by atoms with E-state index in [-0.39, 0.29) is 5.91 Å². The second-order valence-corrected chi connectivity index (χ2v) is 6.35. The molecule has 26 heavy (non-hydrogen) atoms. The largest absolute Gasteiger partial charge is 0.491 e. The SMILES string of the molecule is CCC(=O)NCc1nc2ccccc2n1CCOc1cccc(C)c1C. The number of nitrogens with one attached hydrogen (secondary N) is 1. The predicted molar refractivity (Wildman–Crippen MR) is 103 cm³/mol. The molecule has 1 amide bonds. The number of para-hydroxylation sites is 2. The number of benzene rings is 2. The van der Waals surface area contributed by atoms with Crippen molar-refractivity contribution in [3.63, 3.8) is 0 Å². The summed E-state index contributed by atoms with van der Waals surface area (Å²) in [5.41, 5.74) is 4.37. The molecule has 0 aliphatic carbocycles. The molecule has 0 unspecified atom stereocenters. The summed E-state index contributed by atoms with van der Waals surface area (Å²) in [6.07, 6.45) is 0.468. The van der Waals surface area contributed by atoms with Gasteiger partial charge in [-0.1, -0.05) is 31.2 Å². The molecular formula is C21H25N3O2. The Hall–Kier alpha value is -2.82. The van der Waals surface area contributed by atoms with Crippen LogP contribution in [0.15, 0.2) is 42.5 Å². The third-order valence-electron chi connectivity index (χ3n) is 4.63. The third-order valence-corrected chi connectivity index (χ3v) is 4.63. The van der Waals surface area contributed by atoms with Gasteiger partial charge < -0.3 is 14.6 Å². The molecule has 0 saturated heterocycles. The van der Waals surface area contributed by atoms with Crippen LogP contribution in [0.5, 0.6) is 5.75 Å². The van der Waals surface area contributed by atoms with Crippen LogP contribution in [0.25, 0.3) is 11.0 Å². The summed E-state index contributed by atoms with van der Waals surface area (Å²) < 4.78 is 8.13. The molecule has 0 aliphatic rings. The van der Waals surface area contributed by atoms with Gasteiger partial charge in [-0.25, -0.2) is 4.98 Å². The Balaban J connectivity index is 1.77. The molecule has 3 aromatic rings. The molecule has 5 nitrogen and oxygen atoms in total. The first-order chi connectivity index (χ1) is 12.6. The Kier molecular flexibility index (Phi) is 5.56. The van der Waals surface area contributed by atoms with Gasteiger partial charge in [-0.05, 0) is 43.2 Å². The van der Waals surface area contributed by atoms with Crippen LogP contribution >= 0.6 is 0 Å². The smallest absolute Gasteiger partial charge is 0.220 e. The number of carbonyl (C=O) groups excluding carboxylic acids is 1. The molecule has 0 radical (unpaired) electrons. The van der Waals surface area contributed by atoms with Crippen LogP contribution in [-0.4, -0.2) is 22.1 Å². The van der Waals surface area contributed by atoms with Crippen molar-refractivity contribution in [2.45, 2.75) is 40.3 Å². The third kappa shape index (κ3) is 3.87. The van der Waals surface area contributed by atoms with E-state index in [0.29, 0.717) is 26.1 Å². The number of imidazole rings is 1. The lowest BCUT2D eigenvalue weighted by Crippen LogP contribution is -2.24. The number of fused-ring (bicyclic) bond motifs is 1. The fourth-order valence-electron chi connectivity index (χ4n) is 2.94. The maximum atomic E-state index is 11.6. The van der Waals surface area contributed by atoms with Crippen LogP contribution in [-0.2, 0) is 17.9 Å². The van der Waals surface area contributed by atoms with Gasteiger partial charge in [0.2, 0.25) is 5.91 Å². The summed E-state index contributed by atoms with van der Waals surface area (Å²) >= 11 is 0. The van der Waals surface area contributed by atoms with E-state index in [1.807, 2.05) is 43.3 Å². The first kappa shape index (κ1) is 18.0. The molecule has 0 aliphatic heterocycles. The van der Waals surface area contributed by atoms with Gasteiger partial charge in [0.05, 0.1) is 24.1 Å². The van der Waals surface area contributed by atoms with Crippen molar-refractivity contribution in [2.24, 2.45) is 0 Å². The van der Waals surface area contributed by atoms with Gasteiger partial charge in [0.15, 0.2) is 0 Å². The van der Waals surface area contributed by atoms with Gasteiger partial charge in [0, 0.05) is 6.42 Å². The van der Waals surface area contributed by atoms with E-state index in [2.05, 4.69) is 34.8 Å². The van der Waals surface area contributed by atoms with Gasteiger partial charge in [-0.2, -0.15) is 0 Å². The average molecular weight is 351 g/mol. The molecule has 0 spiro atoms. The van der Waals surface area contributed by atoms with E-state index in [1.165, 1.54) is 11.1 Å². The number of amides is 1. The van der Waals surface area contributed by atoms with Crippen molar-refractivity contribution >= 4 is 16.9 Å². The highest BCUT2D eigenvalue weighted by Crippen LogP contribution is 2.21.